The van der Waals surface area contributed by atoms with Crippen molar-refractivity contribution < 1.29 is 39.5 Å². The molecule has 1 atom stereocenters. The Kier molecular flexibility index (Phi) is 9.33. The number of sulfone groups is 1. The van der Waals surface area contributed by atoms with E-state index in [0.29, 0.717) is 32.4 Å². The summed E-state index contributed by atoms with van der Waals surface area (Å²) in [5.74, 6) is -0.854. The molecule has 0 saturated carbocycles. The van der Waals surface area contributed by atoms with Crippen LogP contribution < -0.4 is 10.0 Å². The number of sulfonamides is 1. The summed E-state index contributed by atoms with van der Waals surface area (Å²) >= 11 is 6.02. The maximum Gasteiger partial charge on any atom is 0.417 e. The molecular formula is C27H25ClF3N3O6S2. The molecule has 4 rings (SSSR count). The van der Waals surface area contributed by atoms with E-state index in [9.17, 15) is 34.8 Å². The molecule has 42 heavy (non-hydrogen) atoms. The quantitative estimate of drug-likeness (QED) is 0.314. The molecule has 1 aliphatic rings. The lowest BCUT2D eigenvalue weighted by Crippen LogP contribution is -2.46. The fourth-order valence-electron chi connectivity index (χ4n) is 4.30. The SMILES string of the molecule is C=CC(N1CCOCC1)S(=O)(=O)c1ccc(NC(=O)c2cc(Cl)ccc2NS(=O)(=O)c2ccccc2C(F)(F)F)cc1. The highest BCUT2D eigenvalue weighted by Crippen LogP contribution is 2.35. The highest BCUT2D eigenvalue weighted by molar-refractivity contribution is 7.93. The Morgan fingerprint density at radius 2 is 1.64 bits per heavy atom. The summed E-state index contributed by atoms with van der Waals surface area (Å²) in [4.78, 5) is 13.8. The zero-order valence-corrected chi connectivity index (χ0v) is 24.2. The smallest absolute Gasteiger partial charge is 0.379 e. The van der Waals surface area contributed by atoms with Crippen LogP contribution in [0.3, 0.4) is 0 Å². The summed E-state index contributed by atoms with van der Waals surface area (Å²) in [6.45, 7) is 5.27. The number of hydrogen-bond acceptors (Lipinski definition) is 7. The molecule has 2 N–H and O–H groups in total. The summed E-state index contributed by atoms with van der Waals surface area (Å²) < 4.78 is 100. The van der Waals surface area contributed by atoms with Crippen LogP contribution >= 0.6 is 11.6 Å². The van der Waals surface area contributed by atoms with Crippen LogP contribution in [0, 0.1) is 0 Å². The predicted molar refractivity (Wildman–Crippen MR) is 152 cm³/mol. The van der Waals surface area contributed by atoms with E-state index in [4.69, 9.17) is 16.3 Å². The minimum Gasteiger partial charge on any atom is -0.379 e. The normalized spacial score (nSPS) is 15.5. The molecule has 9 nitrogen and oxygen atoms in total. The van der Waals surface area contributed by atoms with Gasteiger partial charge in [0.1, 0.15) is 5.37 Å². The van der Waals surface area contributed by atoms with E-state index < -0.39 is 47.8 Å². The van der Waals surface area contributed by atoms with Gasteiger partial charge in [-0.2, -0.15) is 13.2 Å². The van der Waals surface area contributed by atoms with E-state index in [1.54, 1.807) is 4.90 Å². The van der Waals surface area contributed by atoms with Crippen LogP contribution in [0.2, 0.25) is 5.02 Å². The zero-order chi connectivity index (χ0) is 30.7. The number of rotatable bonds is 9. The first-order chi connectivity index (χ1) is 19.7. The lowest BCUT2D eigenvalue weighted by Gasteiger charge is -2.32. The number of anilines is 2. The van der Waals surface area contributed by atoms with E-state index in [1.807, 2.05) is 4.72 Å². The van der Waals surface area contributed by atoms with Gasteiger partial charge in [0.25, 0.3) is 15.9 Å². The van der Waals surface area contributed by atoms with Crippen molar-refractivity contribution in [3.05, 3.63) is 95.5 Å². The summed E-state index contributed by atoms with van der Waals surface area (Å²) in [7, 11) is -8.65. The van der Waals surface area contributed by atoms with Gasteiger partial charge in [0, 0.05) is 23.8 Å². The number of amides is 1. The van der Waals surface area contributed by atoms with E-state index in [2.05, 4.69) is 11.9 Å². The minimum absolute atomic E-state index is 0.0172. The fourth-order valence-corrected chi connectivity index (χ4v) is 7.43. The molecule has 224 valence electrons. The van der Waals surface area contributed by atoms with Crippen LogP contribution in [0.5, 0.6) is 0 Å². The standard InChI is InChI=1S/C27H25ClF3N3O6S2/c1-2-25(34-13-15-40-16-14-34)41(36,37)20-10-8-19(9-11-20)32-26(35)21-17-18(28)7-12-23(21)33-42(38,39)24-6-4-3-5-22(24)27(29,30)31/h2-12,17,25,33H,1,13-16H2,(H,32,35). The third-order valence-electron chi connectivity index (χ3n) is 6.32. The summed E-state index contributed by atoms with van der Waals surface area (Å²) in [5.41, 5.74) is -1.82. The Labute approximate surface area is 245 Å². The zero-order valence-electron chi connectivity index (χ0n) is 21.8. The van der Waals surface area contributed by atoms with Crippen LogP contribution in [-0.2, 0) is 30.8 Å². The van der Waals surface area contributed by atoms with Crippen LogP contribution in [0.15, 0.2) is 89.2 Å². The number of hydrogen-bond donors (Lipinski definition) is 2. The maximum absolute atomic E-state index is 13.5. The minimum atomic E-state index is -4.95. The van der Waals surface area contributed by atoms with Gasteiger partial charge in [-0.3, -0.25) is 14.4 Å². The highest BCUT2D eigenvalue weighted by Gasteiger charge is 2.37. The van der Waals surface area contributed by atoms with Gasteiger partial charge in [-0.1, -0.05) is 29.8 Å². The Morgan fingerprint density at radius 3 is 2.26 bits per heavy atom. The molecule has 1 saturated heterocycles. The van der Waals surface area contributed by atoms with Crippen LogP contribution in [0.4, 0.5) is 24.5 Å². The third-order valence-corrected chi connectivity index (χ3v) is 10.0. The fraction of sp³-hybridized carbons (Fsp3) is 0.222. The second-order valence-corrected chi connectivity index (χ2v) is 13.2. The Hall–Kier alpha value is -3.43. The maximum atomic E-state index is 13.5. The van der Waals surface area contributed by atoms with Gasteiger partial charge in [-0.05, 0) is 54.6 Å². The van der Waals surface area contributed by atoms with Gasteiger partial charge >= 0.3 is 6.18 Å². The average Bonchev–Trinajstić information content (AvgIpc) is 2.94. The van der Waals surface area contributed by atoms with E-state index in [1.165, 1.54) is 36.4 Å². The molecule has 1 heterocycles. The molecular weight excluding hydrogens is 619 g/mol. The van der Waals surface area contributed by atoms with Gasteiger partial charge < -0.3 is 10.1 Å². The largest absolute Gasteiger partial charge is 0.417 e. The van der Waals surface area contributed by atoms with Crippen molar-refractivity contribution in [3.8, 4) is 0 Å². The monoisotopic (exact) mass is 643 g/mol. The number of nitrogens with one attached hydrogen (secondary N) is 2. The first-order valence-electron chi connectivity index (χ1n) is 12.3. The molecule has 1 aliphatic heterocycles. The van der Waals surface area contributed by atoms with Crippen LogP contribution in [-0.4, -0.2) is 59.3 Å². The molecule has 0 radical (unpaired) electrons. The number of carbonyl (C=O) groups is 1. The van der Waals surface area contributed by atoms with E-state index in [0.717, 1.165) is 30.3 Å². The summed E-state index contributed by atoms with van der Waals surface area (Å²) in [6.07, 6.45) is -3.61. The molecule has 1 unspecified atom stereocenters. The van der Waals surface area contributed by atoms with E-state index >= 15 is 0 Å². The molecule has 3 aromatic rings. The second-order valence-electron chi connectivity index (χ2n) is 9.09. The van der Waals surface area contributed by atoms with Crippen molar-refractivity contribution in [3.63, 3.8) is 0 Å². The van der Waals surface area contributed by atoms with Crippen molar-refractivity contribution >= 4 is 48.7 Å². The second kappa shape index (κ2) is 12.4. The number of benzene rings is 3. The third kappa shape index (κ3) is 6.95. The number of alkyl halides is 3. The summed E-state index contributed by atoms with van der Waals surface area (Å²) in [5, 5.41) is 1.59. The first kappa shape index (κ1) is 31.5. The van der Waals surface area contributed by atoms with Crippen molar-refractivity contribution in [2.75, 3.05) is 36.3 Å². The Balaban J connectivity index is 1.57. The van der Waals surface area contributed by atoms with Crippen LogP contribution in [0.1, 0.15) is 15.9 Å². The first-order valence-corrected chi connectivity index (χ1v) is 15.7. The molecule has 15 heteroatoms. The molecule has 0 bridgehead atoms. The molecule has 0 aromatic heterocycles. The highest BCUT2D eigenvalue weighted by atomic mass is 35.5. The lowest BCUT2D eigenvalue weighted by atomic mass is 10.1. The molecule has 0 aliphatic carbocycles. The van der Waals surface area contributed by atoms with Gasteiger partial charge in [-0.15, -0.1) is 6.58 Å². The van der Waals surface area contributed by atoms with Gasteiger partial charge in [0.05, 0.1) is 39.8 Å². The summed E-state index contributed by atoms with van der Waals surface area (Å²) in [6, 6.07) is 12.5. The van der Waals surface area contributed by atoms with Crippen LogP contribution in [0.25, 0.3) is 0 Å². The predicted octanol–water partition coefficient (Wildman–Crippen LogP) is 5.03. The number of ether oxygens (including phenoxy) is 1. The van der Waals surface area contributed by atoms with Crippen molar-refractivity contribution in [2.45, 2.75) is 21.3 Å². The van der Waals surface area contributed by atoms with Crippen molar-refractivity contribution in [2.24, 2.45) is 0 Å². The number of nitrogens with zero attached hydrogens (tertiary/aromatic N) is 1. The van der Waals surface area contributed by atoms with Crippen molar-refractivity contribution in [1.29, 1.82) is 0 Å². The Morgan fingerprint density at radius 1 is 1.00 bits per heavy atom. The average molecular weight is 644 g/mol. The van der Waals surface area contributed by atoms with E-state index in [-0.39, 0.29) is 26.9 Å². The molecule has 3 aromatic carbocycles. The van der Waals surface area contributed by atoms with Crippen molar-refractivity contribution in [1.82, 2.24) is 4.90 Å². The van der Waals surface area contributed by atoms with Gasteiger partial charge in [-0.25, -0.2) is 16.8 Å². The Bertz CT molecular complexity index is 1690. The number of morpholine rings is 1. The molecule has 1 amide bonds. The number of halogens is 4. The van der Waals surface area contributed by atoms with Gasteiger partial charge in [0.2, 0.25) is 0 Å². The molecule has 1 fully saturated rings. The molecule has 0 spiro atoms. The lowest BCUT2D eigenvalue weighted by molar-refractivity contribution is -0.139. The van der Waals surface area contributed by atoms with Gasteiger partial charge in [0.15, 0.2) is 9.84 Å². The number of carbonyl (C=O) groups excluding carboxylic acids is 1. The topological polar surface area (TPSA) is 122 Å².